The molecule has 1 rings (SSSR count). The summed E-state index contributed by atoms with van der Waals surface area (Å²) in [5.74, 6) is 0. The van der Waals surface area contributed by atoms with Crippen LogP contribution in [-0.4, -0.2) is 48.5 Å². The van der Waals surface area contributed by atoms with Crippen LogP contribution in [0.2, 0.25) is 0 Å². The van der Waals surface area contributed by atoms with Crippen molar-refractivity contribution in [3.05, 3.63) is 0 Å². The highest BCUT2D eigenvalue weighted by Gasteiger charge is 2.28. The molecular formula is C12H25NO2. The van der Waals surface area contributed by atoms with E-state index in [1.165, 1.54) is 6.42 Å². The van der Waals surface area contributed by atoms with E-state index < -0.39 is 5.60 Å². The summed E-state index contributed by atoms with van der Waals surface area (Å²) in [5, 5.41) is 10.3. The topological polar surface area (TPSA) is 32.7 Å². The van der Waals surface area contributed by atoms with Crippen LogP contribution in [0.4, 0.5) is 0 Å². The van der Waals surface area contributed by atoms with Crippen molar-refractivity contribution in [2.24, 2.45) is 0 Å². The van der Waals surface area contributed by atoms with Crippen LogP contribution < -0.4 is 0 Å². The van der Waals surface area contributed by atoms with Crippen molar-refractivity contribution in [1.29, 1.82) is 0 Å². The summed E-state index contributed by atoms with van der Waals surface area (Å²) in [4.78, 5) is 2.34. The van der Waals surface area contributed by atoms with Gasteiger partial charge in [-0.1, -0.05) is 13.8 Å². The van der Waals surface area contributed by atoms with Crippen LogP contribution >= 0.6 is 0 Å². The van der Waals surface area contributed by atoms with Crippen LogP contribution in [0.3, 0.4) is 0 Å². The van der Waals surface area contributed by atoms with Gasteiger partial charge in [-0.3, -0.25) is 4.90 Å². The molecule has 0 radical (unpaired) electrons. The molecule has 0 saturated carbocycles. The lowest BCUT2D eigenvalue weighted by Gasteiger charge is -2.37. The lowest BCUT2D eigenvalue weighted by atomic mass is 9.95. The van der Waals surface area contributed by atoms with Gasteiger partial charge in [-0.05, 0) is 32.2 Å². The SMILES string of the molecule is CCC(O)(CC)CN1CCCC(OC)C1. The molecule has 1 N–H and O–H groups in total. The Morgan fingerprint density at radius 3 is 2.60 bits per heavy atom. The molecular weight excluding hydrogens is 190 g/mol. The minimum Gasteiger partial charge on any atom is -0.389 e. The molecule has 1 aliphatic rings. The molecule has 0 aromatic rings. The Bertz CT molecular complexity index is 180. The zero-order chi connectivity index (χ0) is 11.3. The van der Waals surface area contributed by atoms with Crippen LogP contribution in [0.15, 0.2) is 0 Å². The number of rotatable bonds is 5. The number of aliphatic hydroxyl groups is 1. The number of likely N-dealkylation sites (tertiary alicyclic amines) is 1. The number of piperidine rings is 1. The van der Waals surface area contributed by atoms with Crippen molar-refractivity contribution in [3.63, 3.8) is 0 Å². The van der Waals surface area contributed by atoms with Crippen molar-refractivity contribution in [3.8, 4) is 0 Å². The van der Waals surface area contributed by atoms with Crippen LogP contribution in [0.25, 0.3) is 0 Å². The second-order valence-corrected chi connectivity index (χ2v) is 4.67. The van der Waals surface area contributed by atoms with E-state index in [0.29, 0.717) is 6.10 Å². The molecule has 1 unspecified atom stereocenters. The van der Waals surface area contributed by atoms with E-state index in [9.17, 15) is 5.11 Å². The minimum absolute atomic E-state index is 0.358. The number of methoxy groups -OCH3 is 1. The van der Waals surface area contributed by atoms with E-state index in [4.69, 9.17) is 4.74 Å². The summed E-state index contributed by atoms with van der Waals surface area (Å²) < 4.78 is 5.38. The average molecular weight is 215 g/mol. The second kappa shape index (κ2) is 5.83. The second-order valence-electron chi connectivity index (χ2n) is 4.67. The number of ether oxygens (including phenoxy) is 1. The molecule has 0 aliphatic carbocycles. The Labute approximate surface area is 93.4 Å². The van der Waals surface area contributed by atoms with Crippen molar-refractivity contribution in [2.75, 3.05) is 26.7 Å². The molecule has 15 heavy (non-hydrogen) atoms. The third-order valence-electron chi connectivity index (χ3n) is 3.63. The minimum atomic E-state index is -0.504. The van der Waals surface area contributed by atoms with Gasteiger partial charge in [0.2, 0.25) is 0 Å². The molecule has 0 aromatic heterocycles. The molecule has 1 saturated heterocycles. The van der Waals surface area contributed by atoms with Gasteiger partial charge >= 0.3 is 0 Å². The van der Waals surface area contributed by atoms with E-state index in [-0.39, 0.29) is 0 Å². The fourth-order valence-corrected chi connectivity index (χ4v) is 2.24. The van der Waals surface area contributed by atoms with Crippen molar-refractivity contribution in [1.82, 2.24) is 4.90 Å². The average Bonchev–Trinajstić information content (AvgIpc) is 2.29. The summed E-state index contributed by atoms with van der Waals surface area (Å²) in [7, 11) is 1.78. The highest BCUT2D eigenvalue weighted by atomic mass is 16.5. The van der Waals surface area contributed by atoms with Gasteiger partial charge in [0.25, 0.3) is 0 Å². The lowest BCUT2D eigenvalue weighted by molar-refractivity contribution is -0.0339. The predicted octanol–water partition coefficient (Wildman–Crippen LogP) is 1.65. The molecule has 3 nitrogen and oxygen atoms in total. The molecule has 0 amide bonds. The highest BCUT2D eigenvalue weighted by molar-refractivity contribution is 4.83. The Morgan fingerprint density at radius 1 is 1.40 bits per heavy atom. The van der Waals surface area contributed by atoms with Gasteiger partial charge in [0.05, 0.1) is 11.7 Å². The molecule has 1 heterocycles. The smallest absolute Gasteiger partial charge is 0.0768 e. The van der Waals surface area contributed by atoms with E-state index in [2.05, 4.69) is 18.7 Å². The van der Waals surface area contributed by atoms with Gasteiger partial charge in [-0.2, -0.15) is 0 Å². The lowest BCUT2D eigenvalue weighted by Crippen LogP contribution is -2.48. The van der Waals surface area contributed by atoms with E-state index in [1.54, 1.807) is 7.11 Å². The summed E-state index contributed by atoms with van der Waals surface area (Å²) in [6.07, 6.45) is 4.36. The Balaban J connectivity index is 2.43. The van der Waals surface area contributed by atoms with Gasteiger partial charge in [-0.15, -0.1) is 0 Å². The summed E-state index contributed by atoms with van der Waals surface area (Å²) >= 11 is 0. The van der Waals surface area contributed by atoms with Crippen molar-refractivity contribution >= 4 is 0 Å². The van der Waals surface area contributed by atoms with Crippen LogP contribution in [-0.2, 0) is 4.74 Å². The van der Waals surface area contributed by atoms with E-state index in [1.807, 2.05) is 0 Å². The molecule has 3 heteroatoms. The molecule has 90 valence electrons. The first-order valence-corrected chi connectivity index (χ1v) is 6.11. The summed E-state index contributed by atoms with van der Waals surface area (Å²) in [6, 6.07) is 0. The Hall–Kier alpha value is -0.120. The maximum absolute atomic E-state index is 10.3. The molecule has 1 fully saturated rings. The summed E-state index contributed by atoms with van der Waals surface area (Å²) in [6.45, 7) is 6.98. The Kier molecular flexibility index (Phi) is 5.03. The quantitative estimate of drug-likeness (QED) is 0.757. The molecule has 0 aromatic carbocycles. The third-order valence-corrected chi connectivity index (χ3v) is 3.63. The fraction of sp³-hybridized carbons (Fsp3) is 1.00. The maximum atomic E-state index is 10.3. The standard InChI is InChI=1S/C12H25NO2/c1-4-12(14,5-2)10-13-8-6-7-11(9-13)15-3/h11,14H,4-10H2,1-3H3. The van der Waals surface area contributed by atoms with Gasteiger partial charge < -0.3 is 9.84 Å². The van der Waals surface area contributed by atoms with Gasteiger partial charge in [-0.25, -0.2) is 0 Å². The number of hydrogen-bond donors (Lipinski definition) is 1. The number of β-amino-alcohol motifs (C(OH)–C–C–N with tert-alkyl or cyclic N) is 1. The first-order valence-electron chi connectivity index (χ1n) is 6.11. The molecule has 1 atom stereocenters. The van der Waals surface area contributed by atoms with Gasteiger partial charge in [0.15, 0.2) is 0 Å². The van der Waals surface area contributed by atoms with E-state index >= 15 is 0 Å². The number of nitrogens with zero attached hydrogens (tertiary/aromatic N) is 1. The van der Waals surface area contributed by atoms with Crippen LogP contribution in [0, 0.1) is 0 Å². The monoisotopic (exact) mass is 215 g/mol. The van der Waals surface area contributed by atoms with Crippen molar-refractivity contribution in [2.45, 2.75) is 51.2 Å². The highest BCUT2D eigenvalue weighted by Crippen LogP contribution is 2.20. The largest absolute Gasteiger partial charge is 0.389 e. The Morgan fingerprint density at radius 2 is 2.07 bits per heavy atom. The predicted molar refractivity (Wildman–Crippen MR) is 62.0 cm³/mol. The first-order chi connectivity index (χ1) is 7.13. The maximum Gasteiger partial charge on any atom is 0.0768 e. The van der Waals surface area contributed by atoms with Crippen molar-refractivity contribution < 1.29 is 9.84 Å². The zero-order valence-electron chi connectivity index (χ0n) is 10.3. The first kappa shape index (κ1) is 12.9. The zero-order valence-corrected chi connectivity index (χ0v) is 10.3. The fourth-order valence-electron chi connectivity index (χ4n) is 2.24. The number of hydrogen-bond acceptors (Lipinski definition) is 3. The summed E-state index contributed by atoms with van der Waals surface area (Å²) in [5.41, 5.74) is -0.504. The molecule has 1 aliphatic heterocycles. The van der Waals surface area contributed by atoms with Gasteiger partial charge in [0, 0.05) is 20.2 Å². The van der Waals surface area contributed by atoms with Crippen LogP contribution in [0.5, 0.6) is 0 Å². The molecule has 0 spiro atoms. The van der Waals surface area contributed by atoms with Gasteiger partial charge in [0.1, 0.15) is 0 Å². The van der Waals surface area contributed by atoms with E-state index in [0.717, 1.165) is 38.9 Å². The third kappa shape index (κ3) is 3.74. The normalized spacial score (nSPS) is 24.4. The van der Waals surface area contributed by atoms with Crippen LogP contribution in [0.1, 0.15) is 39.5 Å². The molecule has 0 bridgehead atoms.